The first-order valence-corrected chi connectivity index (χ1v) is 10.6. The van der Waals surface area contributed by atoms with Gasteiger partial charge in [0.05, 0.1) is 17.7 Å². The number of hydrogen-bond acceptors (Lipinski definition) is 8. The Bertz CT molecular complexity index is 1090. The molecule has 0 aliphatic heterocycles. The number of nitro benzene ring substituents is 1. The predicted molar refractivity (Wildman–Crippen MR) is 117 cm³/mol. The van der Waals surface area contributed by atoms with Crippen molar-refractivity contribution in [3.05, 3.63) is 67.9 Å². The zero-order chi connectivity index (χ0) is 21.7. The summed E-state index contributed by atoms with van der Waals surface area (Å²) < 4.78 is 7.86. The molecule has 0 bridgehead atoms. The number of nitrogens with zero attached hydrogens (tertiary/aromatic N) is 5. The molecule has 0 radical (unpaired) electrons. The second-order valence-electron chi connectivity index (χ2n) is 6.08. The maximum absolute atomic E-state index is 11.2. The Morgan fingerprint density at radius 1 is 1.33 bits per heavy atom. The van der Waals surface area contributed by atoms with Gasteiger partial charge in [-0.25, -0.2) is 0 Å². The van der Waals surface area contributed by atoms with E-state index >= 15 is 0 Å². The number of benzene rings is 2. The third-order valence-electron chi connectivity index (χ3n) is 3.95. The van der Waals surface area contributed by atoms with Crippen LogP contribution in [0.5, 0.6) is 11.5 Å². The van der Waals surface area contributed by atoms with E-state index in [4.69, 9.17) is 4.74 Å². The van der Waals surface area contributed by atoms with Crippen LogP contribution in [0.15, 0.2) is 51.1 Å². The maximum atomic E-state index is 11.2. The summed E-state index contributed by atoms with van der Waals surface area (Å²) in [7, 11) is 0. The highest BCUT2D eigenvalue weighted by Gasteiger charge is 2.20. The standard InChI is InChI=1S/C19H18BrN5O4S/c1-3-29-17-9-14(8-16(18(17)26)25(27)28)10-21-24-12(2)22-23-19(24)30-11-13-4-6-15(20)7-5-13/h4-10,26H,3,11H2,1-2H3/b21-10-. The van der Waals surface area contributed by atoms with Gasteiger partial charge in [0.15, 0.2) is 11.6 Å². The monoisotopic (exact) mass is 491 g/mol. The lowest BCUT2D eigenvalue weighted by molar-refractivity contribution is -0.386. The van der Waals surface area contributed by atoms with Crippen molar-refractivity contribution < 1.29 is 14.8 Å². The van der Waals surface area contributed by atoms with E-state index in [0.29, 0.717) is 22.3 Å². The highest BCUT2D eigenvalue weighted by Crippen LogP contribution is 2.36. The SMILES string of the molecule is CCOc1cc(/C=N\n2c(C)nnc2SCc2ccc(Br)cc2)cc([N+](=O)[O-])c1O. The van der Waals surface area contributed by atoms with Gasteiger partial charge in [-0.2, -0.15) is 9.78 Å². The molecule has 30 heavy (non-hydrogen) atoms. The normalized spacial score (nSPS) is 11.2. The van der Waals surface area contributed by atoms with Crippen LogP contribution in [0.4, 0.5) is 5.69 Å². The van der Waals surface area contributed by atoms with E-state index in [-0.39, 0.29) is 12.4 Å². The fourth-order valence-electron chi connectivity index (χ4n) is 2.51. The molecule has 0 aliphatic carbocycles. The molecule has 1 N–H and O–H groups in total. The van der Waals surface area contributed by atoms with Gasteiger partial charge >= 0.3 is 5.69 Å². The third kappa shape index (κ3) is 5.16. The summed E-state index contributed by atoms with van der Waals surface area (Å²) >= 11 is 4.88. The molecule has 0 atom stereocenters. The quantitative estimate of drug-likeness (QED) is 0.213. The summed E-state index contributed by atoms with van der Waals surface area (Å²) in [5.41, 5.74) is 1.07. The third-order valence-corrected chi connectivity index (χ3v) is 5.46. The molecule has 0 saturated carbocycles. The molecule has 9 nitrogen and oxygen atoms in total. The van der Waals surface area contributed by atoms with Crippen LogP contribution in [0.3, 0.4) is 0 Å². The lowest BCUT2D eigenvalue weighted by Crippen LogP contribution is -1.99. The van der Waals surface area contributed by atoms with Gasteiger partial charge in [0.2, 0.25) is 10.9 Å². The number of rotatable bonds is 8. The molecule has 3 rings (SSSR count). The van der Waals surface area contributed by atoms with E-state index in [0.717, 1.165) is 10.0 Å². The van der Waals surface area contributed by atoms with Gasteiger partial charge in [0.1, 0.15) is 0 Å². The number of thioether (sulfide) groups is 1. The minimum absolute atomic E-state index is 0.0264. The van der Waals surface area contributed by atoms with Crippen molar-refractivity contribution in [1.82, 2.24) is 14.9 Å². The molecule has 0 spiro atoms. The number of aryl methyl sites for hydroxylation is 1. The Morgan fingerprint density at radius 2 is 2.07 bits per heavy atom. The molecule has 0 aliphatic rings. The van der Waals surface area contributed by atoms with Crippen LogP contribution < -0.4 is 4.74 Å². The topological polar surface area (TPSA) is 116 Å². The molecule has 156 valence electrons. The molecule has 0 amide bonds. The van der Waals surface area contributed by atoms with Crippen LogP contribution in [0.1, 0.15) is 23.9 Å². The molecule has 1 aromatic heterocycles. The van der Waals surface area contributed by atoms with Gasteiger partial charge in [-0.1, -0.05) is 39.8 Å². The van der Waals surface area contributed by atoms with E-state index in [1.807, 2.05) is 24.3 Å². The zero-order valence-electron chi connectivity index (χ0n) is 16.1. The average Bonchev–Trinajstić information content (AvgIpc) is 3.07. The van der Waals surface area contributed by atoms with Gasteiger partial charge in [-0.3, -0.25) is 10.1 Å². The molecular weight excluding hydrogens is 474 g/mol. The minimum atomic E-state index is -0.668. The first-order chi connectivity index (χ1) is 14.4. The Balaban J connectivity index is 1.85. The number of ether oxygens (including phenoxy) is 1. The van der Waals surface area contributed by atoms with Gasteiger partial charge in [-0.05, 0) is 37.6 Å². The number of phenols is 1. The largest absolute Gasteiger partial charge is 0.500 e. The van der Waals surface area contributed by atoms with E-state index in [1.54, 1.807) is 18.5 Å². The van der Waals surface area contributed by atoms with Crippen LogP contribution in [0.2, 0.25) is 0 Å². The highest BCUT2D eigenvalue weighted by molar-refractivity contribution is 9.10. The van der Waals surface area contributed by atoms with Crippen molar-refractivity contribution in [3.63, 3.8) is 0 Å². The fourth-order valence-corrected chi connectivity index (χ4v) is 3.66. The van der Waals surface area contributed by atoms with Crippen LogP contribution in [0, 0.1) is 17.0 Å². The summed E-state index contributed by atoms with van der Waals surface area (Å²) in [6, 6.07) is 10.7. The summed E-state index contributed by atoms with van der Waals surface area (Å²) in [6.07, 6.45) is 1.44. The number of halogens is 1. The first kappa shape index (κ1) is 21.8. The van der Waals surface area contributed by atoms with Gasteiger partial charge < -0.3 is 9.84 Å². The van der Waals surface area contributed by atoms with Crippen molar-refractivity contribution in [2.45, 2.75) is 24.8 Å². The Morgan fingerprint density at radius 3 is 2.73 bits per heavy atom. The molecule has 1 heterocycles. The molecule has 0 saturated heterocycles. The number of phenolic OH excluding ortho intramolecular Hbond substituents is 1. The van der Waals surface area contributed by atoms with Crippen molar-refractivity contribution in [3.8, 4) is 11.5 Å². The van der Waals surface area contributed by atoms with Gasteiger partial charge in [-0.15, -0.1) is 10.2 Å². The van der Waals surface area contributed by atoms with E-state index < -0.39 is 16.4 Å². The predicted octanol–water partition coefficient (Wildman–Crippen LogP) is 4.54. The van der Waals surface area contributed by atoms with E-state index in [9.17, 15) is 15.2 Å². The van der Waals surface area contributed by atoms with Crippen LogP contribution in [0.25, 0.3) is 0 Å². The average molecular weight is 492 g/mol. The summed E-state index contributed by atoms with van der Waals surface area (Å²) in [6.45, 7) is 3.74. The fraction of sp³-hybridized carbons (Fsp3) is 0.211. The Kier molecular flexibility index (Phi) is 7.06. The van der Waals surface area contributed by atoms with Crippen molar-refractivity contribution >= 4 is 39.6 Å². The number of aromatic hydroxyl groups is 1. The Hall–Kier alpha value is -2.92. The summed E-state index contributed by atoms with van der Waals surface area (Å²) in [5.74, 6) is 0.770. The molecule has 3 aromatic rings. The molecule has 11 heteroatoms. The van der Waals surface area contributed by atoms with Crippen molar-refractivity contribution in [1.29, 1.82) is 0 Å². The van der Waals surface area contributed by atoms with Gasteiger partial charge in [0.25, 0.3) is 0 Å². The van der Waals surface area contributed by atoms with Crippen molar-refractivity contribution in [2.24, 2.45) is 5.10 Å². The lowest BCUT2D eigenvalue weighted by atomic mass is 10.2. The highest BCUT2D eigenvalue weighted by atomic mass is 79.9. The van der Waals surface area contributed by atoms with Gasteiger partial charge in [0, 0.05) is 21.9 Å². The lowest BCUT2D eigenvalue weighted by Gasteiger charge is -2.07. The van der Waals surface area contributed by atoms with Crippen molar-refractivity contribution in [2.75, 3.05) is 6.61 Å². The Labute approximate surface area is 185 Å². The molecule has 0 fully saturated rings. The van der Waals surface area contributed by atoms with Crippen LogP contribution in [-0.2, 0) is 5.75 Å². The molecular formula is C19H18BrN5O4S. The second-order valence-corrected chi connectivity index (χ2v) is 7.94. The van der Waals surface area contributed by atoms with E-state index in [1.165, 1.54) is 30.1 Å². The summed E-state index contributed by atoms with van der Waals surface area (Å²) in [4.78, 5) is 10.6. The van der Waals surface area contributed by atoms with E-state index in [2.05, 4.69) is 31.2 Å². The van der Waals surface area contributed by atoms with Crippen LogP contribution >= 0.6 is 27.7 Å². The van der Waals surface area contributed by atoms with Crippen LogP contribution in [-0.4, -0.2) is 37.7 Å². The number of hydrogen-bond donors (Lipinski definition) is 1. The minimum Gasteiger partial charge on any atom is -0.500 e. The summed E-state index contributed by atoms with van der Waals surface area (Å²) in [5, 5.41) is 34.4. The molecule has 2 aromatic carbocycles. The number of aromatic nitrogens is 3. The maximum Gasteiger partial charge on any atom is 0.315 e. The smallest absolute Gasteiger partial charge is 0.315 e. The number of nitro groups is 1. The second kappa shape index (κ2) is 9.72. The zero-order valence-corrected chi connectivity index (χ0v) is 18.6. The first-order valence-electron chi connectivity index (χ1n) is 8.86. The molecule has 0 unspecified atom stereocenters.